The number of amides is 1. The summed E-state index contributed by atoms with van der Waals surface area (Å²) in [6.07, 6.45) is 0. The molecule has 0 saturated heterocycles. The Bertz CT molecular complexity index is 1530. The summed E-state index contributed by atoms with van der Waals surface area (Å²) in [6, 6.07) is 18.9. The van der Waals surface area contributed by atoms with Gasteiger partial charge in [-0.2, -0.15) is 13.7 Å². The highest BCUT2D eigenvalue weighted by Gasteiger charge is 2.49. The topological polar surface area (TPSA) is 135 Å². The Balaban J connectivity index is 1.79. The minimum absolute atomic E-state index is 0.00595. The minimum atomic E-state index is -3.87. The Hall–Kier alpha value is -4.27. The zero-order valence-corrected chi connectivity index (χ0v) is 20.8. The molecule has 3 aromatic rings. The first-order valence-electron chi connectivity index (χ1n) is 11.1. The van der Waals surface area contributed by atoms with E-state index in [1.54, 1.807) is 42.5 Å². The van der Waals surface area contributed by atoms with Gasteiger partial charge in [0.2, 0.25) is 0 Å². The van der Waals surface area contributed by atoms with Gasteiger partial charge in [0.05, 0.1) is 12.2 Å². The van der Waals surface area contributed by atoms with Crippen LogP contribution in [0.5, 0.6) is 5.75 Å². The largest absolute Gasteiger partial charge is 0.383 e. The molecule has 37 heavy (non-hydrogen) atoms. The van der Waals surface area contributed by atoms with E-state index < -0.39 is 27.4 Å². The molecule has 190 valence electrons. The van der Waals surface area contributed by atoms with Gasteiger partial charge < -0.3 is 14.7 Å². The first-order valence-corrected chi connectivity index (χ1v) is 12.6. The molecule has 1 atom stereocenters. The van der Waals surface area contributed by atoms with Gasteiger partial charge in [-0.3, -0.25) is 9.69 Å². The van der Waals surface area contributed by atoms with Crippen molar-refractivity contribution in [3.8, 4) is 22.9 Å². The van der Waals surface area contributed by atoms with Crippen molar-refractivity contribution in [2.45, 2.75) is 5.54 Å². The van der Waals surface area contributed by atoms with Crippen molar-refractivity contribution in [1.82, 2.24) is 4.90 Å². The molecule has 1 aliphatic heterocycles. The minimum Gasteiger partial charge on any atom is -0.383 e. The molecular weight excluding hydrogens is 499 g/mol. The van der Waals surface area contributed by atoms with E-state index >= 15 is 0 Å². The fourth-order valence-electron chi connectivity index (χ4n) is 4.02. The smallest absolute Gasteiger partial charge is 0.311 e. The number of nitriles is 1. The number of methoxy groups -OCH3 is 1. The highest BCUT2D eigenvalue weighted by Crippen LogP contribution is 2.41. The van der Waals surface area contributed by atoms with Crippen LogP contribution in [0.2, 0.25) is 0 Å². The summed E-state index contributed by atoms with van der Waals surface area (Å²) in [4.78, 5) is 19.3. The zero-order chi connectivity index (χ0) is 26.8. The Morgan fingerprint density at radius 1 is 1.08 bits per heavy atom. The van der Waals surface area contributed by atoms with E-state index in [4.69, 9.17) is 14.7 Å². The standard InChI is InChI=1S/C26H23FN4O5S/c1-31-24(32)26(30-25(31)29,20-7-9-22(10-8-20)36-37(33,34)13-12-35-2)21-5-3-4-17(15-21)18-6-11-23(27)19(14-18)16-28/h3-11,14-15H,12-13H2,1-2H3,(H2,29,30). The molecule has 1 unspecified atom stereocenters. The average Bonchev–Trinajstić information content (AvgIpc) is 3.12. The number of carbonyl (C=O) groups excluding carboxylic acids is 1. The molecule has 2 N–H and O–H groups in total. The SMILES string of the molecule is COCCS(=O)(=O)Oc1ccc(C2(c3cccc(-c4ccc(F)c(C#N)c4)c3)N=C(N)N(C)C2=O)cc1. The Labute approximate surface area is 213 Å². The molecule has 0 aromatic heterocycles. The number of aliphatic imine (C=N–C) groups is 1. The van der Waals surface area contributed by atoms with Crippen LogP contribution in [0, 0.1) is 17.1 Å². The Morgan fingerprint density at radius 2 is 1.78 bits per heavy atom. The van der Waals surface area contributed by atoms with Crippen LogP contribution in [-0.2, 0) is 25.2 Å². The molecule has 1 aliphatic rings. The van der Waals surface area contributed by atoms with Crippen molar-refractivity contribution in [1.29, 1.82) is 5.26 Å². The number of guanidine groups is 1. The van der Waals surface area contributed by atoms with Crippen molar-refractivity contribution >= 4 is 22.0 Å². The van der Waals surface area contributed by atoms with Gasteiger partial charge in [0.25, 0.3) is 5.91 Å². The number of hydrogen-bond donors (Lipinski definition) is 1. The van der Waals surface area contributed by atoms with Crippen LogP contribution >= 0.6 is 0 Å². The molecule has 0 saturated carbocycles. The lowest BCUT2D eigenvalue weighted by Crippen LogP contribution is -2.41. The molecule has 0 spiro atoms. The lowest BCUT2D eigenvalue weighted by molar-refractivity contribution is -0.129. The molecule has 9 nitrogen and oxygen atoms in total. The number of carbonyl (C=O) groups is 1. The van der Waals surface area contributed by atoms with Crippen LogP contribution in [0.15, 0.2) is 71.7 Å². The van der Waals surface area contributed by atoms with E-state index in [-0.39, 0.29) is 29.6 Å². The van der Waals surface area contributed by atoms with Gasteiger partial charge in [0, 0.05) is 14.2 Å². The van der Waals surface area contributed by atoms with Gasteiger partial charge >= 0.3 is 10.1 Å². The summed E-state index contributed by atoms with van der Waals surface area (Å²) in [5.41, 5.74) is 6.51. The van der Waals surface area contributed by atoms with Crippen LogP contribution < -0.4 is 9.92 Å². The number of nitrogens with two attached hydrogens (primary N) is 1. The average molecular weight is 523 g/mol. The first-order chi connectivity index (χ1) is 17.6. The van der Waals surface area contributed by atoms with Crippen LogP contribution in [0.1, 0.15) is 16.7 Å². The third-order valence-corrected chi connectivity index (χ3v) is 7.09. The quantitative estimate of drug-likeness (QED) is 0.450. The Morgan fingerprint density at radius 3 is 2.41 bits per heavy atom. The number of benzene rings is 3. The van der Waals surface area contributed by atoms with Gasteiger partial charge in [0.15, 0.2) is 11.5 Å². The third kappa shape index (κ3) is 4.89. The number of halogens is 1. The van der Waals surface area contributed by atoms with Crippen LogP contribution in [-0.4, -0.2) is 51.7 Å². The van der Waals surface area contributed by atoms with Gasteiger partial charge in [-0.1, -0.05) is 36.4 Å². The summed E-state index contributed by atoms with van der Waals surface area (Å²) in [5.74, 6) is -1.29. The molecule has 0 fully saturated rings. The van der Waals surface area contributed by atoms with Crippen LogP contribution in [0.25, 0.3) is 11.1 Å². The number of likely N-dealkylation sites (N-methyl/N-ethyl adjacent to an activating group) is 1. The zero-order valence-electron chi connectivity index (χ0n) is 20.0. The van der Waals surface area contributed by atoms with Crippen LogP contribution in [0.3, 0.4) is 0 Å². The molecule has 0 bridgehead atoms. The van der Waals surface area contributed by atoms with E-state index in [9.17, 15) is 22.9 Å². The van der Waals surface area contributed by atoms with E-state index in [1.165, 1.54) is 43.3 Å². The summed E-state index contributed by atoms with van der Waals surface area (Å²) in [5, 5.41) is 9.21. The predicted molar refractivity (Wildman–Crippen MR) is 134 cm³/mol. The lowest BCUT2D eigenvalue weighted by Gasteiger charge is -2.26. The normalized spacial score (nSPS) is 17.4. The van der Waals surface area contributed by atoms with Crippen molar-refractivity contribution in [3.05, 3.63) is 89.2 Å². The van der Waals surface area contributed by atoms with Crippen molar-refractivity contribution in [3.63, 3.8) is 0 Å². The molecule has 11 heteroatoms. The maximum atomic E-state index is 13.9. The van der Waals surface area contributed by atoms with Gasteiger partial charge in [-0.25, -0.2) is 9.38 Å². The highest BCUT2D eigenvalue weighted by molar-refractivity contribution is 7.87. The van der Waals surface area contributed by atoms with E-state index in [2.05, 4.69) is 4.99 Å². The Kier molecular flexibility index (Phi) is 6.98. The summed E-state index contributed by atoms with van der Waals surface area (Å²) < 4.78 is 48.0. The molecule has 4 rings (SSSR count). The molecule has 0 aliphatic carbocycles. The molecule has 3 aromatic carbocycles. The summed E-state index contributed by atoms with van der Waals surface area (Å²) >= 11 is 0. The molecule has 0 radical (unpaired) electrons. The number of rotatable bonds is 8. The van der Waals surface area contributed by atoms with E-state index in [1.807, 2.05) is 6.07 Å². The maximum Gasteiger partial charge on any atom is 0.311 e. The van der Waals surface area contributed by atoms with Gasteiger partial charge in [-0.15, -0.1) is 0 Å². The monoisotopic (exact) mass is 522 g/mol. The van der Waals surface area contributed by atoms with Gasteiger partial charge in [0.1, 0.15) is 23.4 Å². The second kappa shape index (κ2) is 10.0. The van der Waals surface area contributed by atoms with Crippen molar-refractivity contribution in [2.24, 2.45) is 10.7 Å². The summed E-state index contributed by atoms with van der Waals surface area (Å²) in [6.45, 7) is -0.0153. The maximum absolute atomic E-state index is 13.9. The van der Waals surface area contributed by atoms with Crippen molar-refractivity contribution < 1.29 is 26.5 Å². The second-order valence-electron chi connectivity index (χ2n) is 8.29. The van der Waals surface area contributed by atoms with Crippen molar-refractivity contribution in [2.75, 3.05) is 26.5 Å². The van der Waals surface area contributed by atoms with Crippen LogP contribution in [0.4, 0.5) is 4.39 Å². The van der Waals surface area contributed by atoms with E-state index in [0.717, 1.165) is 0 Å². The highest BCUT2D eigenvalue weighted by atomic mass is 32.2. The first kappa shape index (κ1) is 25.8. The summed E-state index contributed by atoms with van der Waals surface area (Å²) in [7, 11) is -0.973. The second-order valence-corrected chi connectivity index (χ2v) is 9.98. The number of ether oxygens (including phenoxy) is 1. The third-order valence-electron chi connectivity index (χ3n) is 5.97. The van der Waals surface area contributed by atoms with Gasteiger partial charge in [-0.05, 0) is 52.6 Å². The van der Waals surface area contributed by atoms with E-state index in [0.29, 0.717) is 22.3 Å². The fourth-order valence-corrected chi connectivity index (χ4v) is 4.88. The molecular formula is C26H23FN4O5S. The number of hydrogen-bond acceptors (Lipinski definition) is 8. The predicted octanol–water partition coefficient (Wildman–Crippen LogP) is 2.75. The molecule has 1 heterocycles. The lowest BCUT2D eigenvalue weighted by atomic mass is 9.81. The fraction of sp³-hybridized carbons (Fsp3) is 0.192. The molecule has 1 amide bonds. The number of nitrogens with zero attached hydrogens (tertiary/aromatic N) is 3.